The molecule has 0 aliphatic carbocycles. The maximum absolute atomic E-state index is 13.2. The second-order valence-corrected chi connectivity index (χ2v) is 6.56. The first kappa shape index (κ1) is 16.4. The van der Waals surface area contributed by atoms with Gasteiger partial charge in [-0.25, -0.2) is 9.48 Å². The second kappa shape index (κ2) is 6.36. The SMILES string of the molecule is COC(=O)N1CCc2c(c(N)nn2C(=O)C2CCNc3ccccc32)C1. The summed E-state index contributed by atoms with van der Waals surface area (Å²) in [4.78, 5) is 26.6. The fraction of sp³-hybridized carbons (Fsp3) is 0.389. The third-order valence-corrected chi connectivity index (χ3v) is 5.11. The largest absolute Gasteiger partial charge is 0.453 e. The predicted octanol–water partition coefficient (Wildman–Crippen LogP) is 1.83. The number of aromatic nitrogens is 2. The van der Waals surface area contributed by atoms with E-state index in [0.717, 1.165) is 29.1 Å². The number of carbonyl (C=O) groups is 2. The molecule has 8 heteroatoms. The molecule has 8 nitrogen and oxygen atoms in total. The van der Waals surface area contributed by atoms with Crippen LogP contribution in [-0.4, -0.2) is 46.9 Å². The Morgan fingerprint density at radius 2 is 2.15 bits per heavy atom. The van der Waals surface area contributed by atoms with Crippen molar-refractivity contribution in [1.82, 2.24) is 14.7 Å². The lowest BCUT2D eigenvalue weighted by atomic mass is 9.90. The number of nitrogens with one attached hydrogen (secondary N) is 1. The van der Waals surface area contributed by atoms with E-state index in [9.17, 15) is 9.59 Å². The van der Waals surface area contributed by atoms with Crippen molar-refractivity contribution >= 4 is 23.5 Å². The van der Waals surface area contributed by atoms with Crippen LogP contribution in [-0.2, 0) is 17.7 Å². The van der Waals surface area contributed by atoms with E-state index in [-0.39, 0.29) is 11.8 Å². The van der Waals surface area contributed by atoms with Crippen molar-refractivity contribution in [2.75, 3.05) is 31.2 Å². The number of fused-ring (bicyclic) bond motifs is 2. The molecule has 0 spiro atoms. The third kappa shape index (κ3) is 2.58. The van der Waals surface area contributed by atoms with Gasteiger partial charge in [-0.1, -0.05) is 18.2 Å². The number of benzene rings is 1. The van der Waals surface area contributed by atoms with Gasteiger partial charge in [-0.15, -0.1) is 5.10 Å². The van der Waals surface area contributed by atoms with Crippen LogP contribution < -0.4 is 11.1 Å². The van der Waals surface area contributed by atoms with E-state index in [1.54, 1.807) is 4.90 Å². The molecule has 1 aromatic carbocycles. The summed E-state index contributed by atoms with van der Waals surface area (Å²) < 4.78 is 6.23. The van der Waals surface area contributed by atoms with Gasteiger partial charge < -0.3 is 20.7 Å². The Labute approximate surface area is 150 Å². The monoisotopic (exact) mass is 355 g/mol. The minimum Gasteiger partial charge on any atom is -0.453 e. The summed E-state index contributed by atoms with van der Waals surface area (Å²) in [6.07, 6.45) is 0.826. The van der Waals surface area contributed by atoms with Crippen LogP contribution >= 0.6 is 0 Å². The highest BCUT2D eigenvalue weighted by Gasteiger charge is 2.33. The second-order valence-electron chi connectivity index (χ2n) is 6.56. The van der Waals surface area contributed by atoms with Crippen LogP contribution in [0.25, 0.3) is 0 Å². The van der Waals surface area contributed by atoms with Crippen molar-refractivity contribution in [2.45, 2.75) is 25.3 Å². The van der Waals surface area contributed by atoms with Gasteiger partial charge in [0.25, 0.3) is 5.91 Å². The number of nitrogens with two attached hydrogens (primary N) is 1. The molecule has 4 rings (SSSR count). The molecule has 26 heavy (non-hydrogen) atoms. The summed E-state index contributed by atoms with van der Waals surface area (Å²) in [6, 6.07) is 7.85. The highest BCUT2D eigenvalue weighted by Crippen LogP contribution is 2.34. The van der Waals surface area contributed by atoms with Gasteiger partial charge in [-0.2, -0.15) is 0 Å². The highest BCUT2D eigenvalue weighted by atomic mass is 16.5. The molecule has 0 saturated carbocycles. The van der Waals surface area contributed by atoms with E-state index >= 15 is 0 Å². The van der Waals surface area contributed by atoms with E-state index in [4.69, 9.17) is 10.5 Å². The summed E-state index contributed by atoms with van der Waals surface area (Å²) in [7, 11) is 1.35. The number of methoxy groups -OCH3 is 1. The van der Waals surface area contributed by atoms with Gasteiger partial charge >= 0.3 is 6.09 Å². The van der Waals surface area contributed by atoms with E-state index in [1.165, 1.54) is 11.8 Å². The number of rotatable bonds is 1. The number of nitrogens with zero attached hydrogens (tertiary/aromatic N) is 3. The first-order chi connectivity index (χ1) is 12.6. The molecule has 136 valence electrons. The molecular formula is C18H21N5O3. The van der Waals surface area contributed by atoms with Crippen molar-refractivity contribution < 1.29 is 14.3 Å². The normalized spacial score (nSPS) is 18.5. The average molecular weight is 355 g/mol. The lowest BCUT2D eigenvalue weighted by Crippen LogP contribution is -2.37. The number of carbonyl (C=O) groups excluding carboxylic acids is 2. The number of nitrogen functional groups attached to an aromatic ring is 1. The average Bonchev–Trinajstić information content (AvgIpc) is 3.02. The van der Waals surface area contributed by atoms with Crippen molar-refractivity contribution in [1.29, 1.82) is 0 Å². The summed E-state index contributed by atoms with van der Waals surface area (Å²) in [5.74, 6) is -0.0305. The molecule has 0 fully saturated rings. The maximum atomic E-state index is 13.2. The first-order valence-electron chi connectivity index (χ1n) is 8.66. The molecule has 1 aromatic heterocycles. The summed E-state index contributed by atoms with van der Waals surface area (Å²) in [5, 5.41) is 7.63. The van der Waals surface area contributed by atoms with Crippen LogP contribution in [0.15, 0.2) is 24.3 Å². The summed E-state index contributed by atoms with van der Waals surface area (Å²) in [5.41, 5.74) is 9.55. The Hall–Kier alpha value is -3.03. The molecule has 3 N–H and O–H groups in total. The standard InChI is InChI=1S/C18H21N5O3/c1-26-18(25)22-9-7-15-13(10-22)16(19)21-23(15)17(24)12-6-8-20-14-5-3-2-4-11(12)14/h2-5,12,20H,6-10H2,1H3,(H2,19,21). The molecule has 3 heterocycles. The van der Waals surface area contributed by atoms with Crippen LogP contribution in [0.5, 0.6) is 0 Å². The molecule has 0 radical (unpaired) electrons. The van der Waals surface area contributed by atoms with Crippen molar-refractivity contribution in [3.05, 3.63) is 41.1 Å². The molecule has 2 aliphatic rings. The molecule has 0 bridgehead atoms. The van der Waals surface area contributed by atoms with Gasteiger partial charge in [-0.05, 0) is 18.1 Å². The molecule has 0 saturated heterocycles. The molecule has 2 aromatic rings. The van der Waals surface area contributed by atoms with Gasteiger partial charge in [-0.3, -0.25) is 4.79 Å². The van der Waals surface area contributed by atoms with Gasteiger partial charge in [0, 0.05) is 30.8 Å². The van der Waals surface area contributed by atoms with Crippen LogP contribution in [0.1, 0.15) is 34.0 Å². The lowest BCUT2D eigenvalue weighted by Gasteiger charge is -2.28. The Balaban J connectivity index is 1.66. The summed E-state index contributed by atoms with van der Waals surface area (Å²) >= 11 is 0. The topological polar surface area (TPSA) is 102 Å². The van der Waals surface area contributed by atoms with Crippen molar-refractivity contribution in [2.24, 2.45) is 0 Å². The number of ether oxygens (including phenoxy) is 1. The highest BCUT2D eigenvalue weighted by molar-refractivity contribution is 5.89. The fourth-order valence-electron chi connectivity index (χ4n) is 3.78. The van der Waals surface area contributed by atoms with Gasteiger partial charge in [0.2, 0.25) is 0 Å². The van der Waals surface area contributed by atoms with E-state index in [2.05, 4.69) is 10.4 Å². The zero-order valence-corrected chi connectivity index (χ0v) is 14.6. The van der Waals surface area contributed by atoms with Gasteiger partial charge in [0.05, 0.1) is 25.3 Å². The quantitative estimate of drug-likeness (QED) is 0.809. The molecular weight excluding hydrogens is 334 g/mol. The number of hydrogen-bond donors (Lipinski definition) is 2. The van der Waals surface area contributed by atoms with Crippen LogP contribution in [0, 0.1) is 0 Å². The zero-order valence-electron chi connectivity index (χ0n) is 14.6. The number of hydrogen-bond acceptors (Lipinski definition) is 6. The van der Waals surface area contributed by atoms with Gasteiger partial charge in [0.15, 0.2) is 5.82 Å². The Bertz CT molecular complexity index is 876. The lowest BCUT2D eigenvalue weighted by molar-refractivity contribution is 0.0850. The van der Waals surface area contributed by atoms with E-state index in [0.29, 0.717) is 31.7 Å². The number of amides is 1. The molecule has 2 aliphatic heterocycles. The summed E-state index contributed by atoms with van der Waals surface area (Å²) in [6.45, 7) is 1.52. The third-order valence-electron chi connectivity index (χ3n) is 5.11. The van der Waals surface area contributed by atoms with E-state index < -0.39 is 6.09 Å². The van der Waals surface area contributed by atoms with Crippen LogP contribution in [0.4, 0.5) is 16.3 Å². The maximum Gasteiger partial charge on any atom is 0.409 e. The van der Waals surface area contributed by atoms with Gasteiger partial charge in [0.1, 0.15) is 0 Å². The molecule has 1 unspecified atom stereocenters. The minimum atomic E-state index is -0.401. The van der Waals surface area contributed by atoms with E-state index in [1.807, 2.05) is 24.3 Å². The predicted molar refractivity (Wildman–Crippen MR) is 96.1 cm³/mol. The van der Waals surface area contributed by atoms with Crippen molar-refractivity contribution in [3.8, 4) is 0 Å². The Morgan fingerprint density at radius 3 is 2.96 bits per heavy atom. The Kier molecular flexibility index (Phi) is 4.02. The fourth-order valence-corrected chi connectivity index (χ4v) is 3.78. The molecule has 1 amide bonds. The molecule has 1 atom stereocenters. The zero-order chi connectivity index (χ0) is 18.3. The number of anilines is 2. The number of para-hydroxylation sites is 1. The van der Waals surface area contributed by atoms with Crippen LogP contribution in [0.2, 0.25) is 0 Å². The minimum absolute atomic E-state index is 0.0709. The smallest absolute Gasteiger partial charge is 0.409 e. The van der Waals surface area contributed by atoms with Crippen LogP contribution in [0.3, 0.4) is 0 Å². The first-order valence-corrected chi connectivity index (χ1v) is 8.66. The van der Waals surface area contributed by atoms with Crippen molar-refractivity contribution in [3.63, 3.8) is 0 Å². The Morgan fingerprint density at radius 1 is 1.35 bits per heavy atom.